The molecule has 0 amide bonds. The molecular formula is C6H8N3O3P. The van der Waals surface area contributed by atoms with Crippen LogP contribution in [-0.2, 0) is 13.9 Å². The molecular weight excluding hydrogens is 193 g/mol. The van der Waals surface area contributed by atoms with Crippen molar-refractivity contribution in [2.24, 2.45) is 0 Å². The van der Waals surface area contributed by atoms with Crippen molar-refractivity contribution in [3.63, 3.8) is 0 Å². The molecule has 70 valence electrons. The van der Waals surface area contributed by atoms with Crippen molar-refractivity contribution in [3.8, 4) is 6.07 Å². The third-order valence-corrected chi connectivity index (χ3v) is 3.12. The predicted molar refractivity (Wildman–Crippen MR) is 44.4 cm³/mol. The summed E-state index contributed by atoms with van der Waals surface area (Å²) in [6.07, 6.45) is -0.486. The maximum atomic E-state index is 11.4. The van der Waals surface area contributed by atoms with Gasteiger partial charge in [-0.1, -0.05) is 0 Å². The van der Waals surface area contributed by atoms with E-state index in [1.807, 2.05) is 0 Å². The maximum absolute atomic E-state index is 11.4. The number of nitrogens with zero attached hydrogens (tertiary/aromatic N) is 3. The fourth-order valence-electron chi connectivity index (χ4n) is 0.601. The summed E-state index contributed by atoms with van der Waals surface area (Å²) in [5.41, 5.74) is 7.81. The van der Waals surface area contributed by atoms with Gasteiger partial charge in [0.1, 0.15) is 6.42 Å². The van der Waals surface area contributed by atoms with Crippen molar-refractivity contribution in [2.45, 2.75) is 6.42 Å². The van der Waals surface area contributed by atoms with E-state index in [1.54, 1.807) is 6.07 Å². The zero-order valence-corrected chi connectivity index (χ0v) is 8.12. The van der Waals surface area contributed by atoms with Gasteiger partial charge in [0.25, 0.3) is 5.78 Å². The van der Waals surface area contributed by atoms with Crippen LogP contribution in [0.3, 0.4) is 0 Å². The van der Waals surface area contributed by atoms with Gasteiger partial charge in [-0.2, -0.15) is 10.1 Å². The zero-order valence-electron chi connectivity index (χ0n) is 7.22. The molecule has 7 heteroatoms. The Labute approximate surface area is 75.2 Å². The first kappa shape index (κ1) is 11.7. The lowest BCUT2D eigenvalue weighted by Gasteiger charge is -2.02. The molecule has 0 aliphatic heterocycles. The van der Waals surface area contributed by atoms with Crippen LogP contribution in [0, 0.1) is 11.3 Å². The van der Waals surface area contributed by atoms with Crippen LogP contribution in [0.1, 0.15) is 6.42 Å². The Morgan fingerprint density at radius 2 is 2.31 bits per heavy atom. The third kappa shape index (κ3) is 2.92. The van der Waals surface area contributed by atoms with E-state index in [0.717, 1.165) is 13.8 Å². The van der Waals surface area contributed by atoms with E-state index in [9.17, 15) is 9.36 Å². The minimum absolute atomic E-state index is 0.486. The number of hydrogen-bond donors (Lipinski definition) is 0. The standard InChI is InChI=1S/C6H8N3O3P/c1-12-13(2,11)6(9-8)5(10)3-4-7/h3H2,1-2H3. The van der Waals surface area contributed by atoms with Crippen molar-refractivity contribution in [1.29, 1.82) is 5.26 Å². The molecule has 0 fully saturated rings. The Balaban J connectivity index is 4.99. The van der Waals surface area contributed by atoms with Crippen LogP contribution in [0.25, 0.3) is 5.53 Å². The Kier molecular flexibility index (Phi) is 4.22. The minimum atomic E-state index is -3.37. The summed E-state index contributed by atoms with van der Waals surface area (Å²) in [5.74, 6) is -0.794. The van der Waals surface area contributed by atoms with Crippen molar-refractivity contribution < 1.29 is 18.7 Å². The summed E-state index contributed by atoms with van der Waals surface area (Å²) < 4.78 is 15.9. The van der Waals surface area contributed by atoms with Crippen LogP contribution in [0.4, 0.5) is 0 Å². The fourth-order valence-corrected chi connectivity index (χ4v) is 1.47. The highest BCUT2D eigenvalue weighted by Crippen LogP contribution is 2.42. The Morgan fingerprint density at radius 1 is 1.77 bits per heavy atom. The highest BCUT2D eigenvalue weighted by Gasteiger charge is 2.37. The van der Waals surface area contributed by atoms with Gasteiger partial charge in [-0.15, -0.1) is 0 Å². The highest BCUT2D eigenvalue weighted by atomic mass is 31.2. The minimum Gasteiger partial charge on any atom is -0.360 e. The molecule has 0 N–H and O–H groups in total. The first-order valence-electron chi connectivity index (χ1n) is 3.25. The van der Waals surface area contributed by atoms with Gasteiger partial charge in [0.05, 0.1) is 6.07 Å². The van der Waals surface area contributed by atoms with Crippen LogP contribution >= 0.6 is 7.37 Å². The van der Waals surface area contributed by atoms with Crippen LogP contribution in [0.15, 0.2) is 0 Å². The van der Waals surface area contributed by atoms with E-state index in [4.69, 9.17) is 10.8 Å². The molecule has 0 rings (SSSR count). The van der Waals surface area contributed by atoms with E-state index in [-0.39, 0.29) is 0 Å². The van der Waals surface area contributed by atoms with E-state index in [0.29, 0.717) is 0 Å². The second-order valence-electron chi connectivity index (χ2n) is 2.21. The molecule has 0 bridgehead atoms. The molecule has 0 heterocycles. The van der Waals surface area contributed by atoms with Crippen molar-refractivity contribution in [3.05, 3.63) is 5.53 Å². The van der Waals surface area contributed by atoms with Crippen LogP contribution < -0.4 is 0 Å². The molecule has 13 heavy (non-hydrogen) atoms. The fraction of sp³-hybridized carbons (Fsp3) is 0.500. The first-order chi connectivity index (χ1) is 5.99. The monoisotopic (exact) mass is 201 g/mol. The van der Waals surface area contributed by atoms with Crippen LogP contribution in [-0.4, -0.2) is 29.8 Å². The number of Topliss-reactive ketones (excluding diaryl/α,β-unsaturated/α-hetero) is 1. The predicted octanol–water partition coefficient (Wildman–Crippen LogP) is 0.652. The number of carbonyl (C=O) groups is 1. The molecule has 0 aliphatic rings. The van der Waals surface area contributed by atoms with Gasteiger partial charge in [-0.3, -0.25) is 9.36 Å². The normalized spacial score (nSPS) is 13.6. The summed E-state index contributed by atoms with van der Waals surface area (Å²) in [6.45, 7) is 1.14. The average Bonchev–Trinajstić information content (AvgIpc) is 2.05. The number of hydrogen-bond acceptors (Lipinski definition) is 4. The molecule has 1 atom stereocenters. The molecule has 0 radical (unpaired) electrons. The lowest BCUT2D eigenvalue weighted by Crippen LogP contribution is -2.15. The highest BCUT2D eigenvalue weighted by molar-refractivity contribution is 7.78. The Morgan fingerprint density at radius 3 is 2.62 bits per heavy atom. The number of carbonyl (C=O) groups excluding carboxylic acids is 1. The maximum Gasteiger partial charge on any atom is 0.416 e. The molecule has 0 aliphatic carbocycles. The largest absolute Gasteiger partial charge is 0.416 e. The molecule has 0 spiro atoms. The third-order valence-electron chi connectivity index (χ3n) is 1.32. The quantitative estimate of drug-likeness (QED) is 0.288. The van der Waals surface area contributed by atoms with Gasteiger partial charge in [-0.25, -0.2) is 0 Å². The summed E-state index contributed by atoms with van der Waals surface area (Å²) in [4.78, 5) is 13.6. The van der Waals surface area contributed by atoms with E-state index < -0.39 is 25.0 Å². The second kappa shape index (κ2) is 4.68. The van der Waals surface area contributed by atoms with Gasteiger partial charge < -0.3 is 10.1 Å². The van der Waals surface area contributed by atoms with E-state index in [1.165, 1.54) is 0 Å². The average molecular weight is 201 g/mol. The lowest BCUT2D eigenvalue weighted by atomic mass is 10.3. The smallest absolute Gasteiger partial charge is 0.360 e. The molecule has 0 aromatic heterocycles. The topological polar surface area (TPSA) is 104 Å². The number of rotatable bonds is 4. The van der Waals surface area contributed by atoms with Gasteiger partial charge >= 0.3 is 12.8 Å². The molecule has 0 saturated heterocycles. The van der Waals surface area contributed by atoms with Crippen molar-refractivity contribution in [1.82, 2.24) is 0 Å². The number of ketones is 1. The Hall–Kier alpha value is -1.27. The van der Waals surface area contributed by atoms with Gasteiger partial charge in [-0.05, 0) is 0 Å². The molecule has 0 aromatic carbocycles. The molecule has 1 unspecified atom stereocenters. The van der Waals surface area contributed by atoms with Gasteiger partial charge in [0, 0.05) is 13.8 Å². The van der Waals surface area contributed by atoms with Crippen molar-refractivity contribution >= 4 is 18.6 Å². The van der Waals surface area contributed by atoms with Crippen LogP contribution in [0.5, 0.6) is 0 Å². The first-order valence-corrected chi connectivity index (χ1v) is 5.32. The van der Waals surface area contributed by atoms with E-state index >= 15 is 0 Å². The summed E-state index contributed by atoms with van der Waals surface area (Å²) >= 11 is 0. The van der Waals surface area contributed by atoms with Gasteiger partial charge in [0.2, 0.25) is 0 Å². The molecule has 6 nitrogen and oxygen atoms in total. The van der Waals surface area contributed by atoms with Crippen LogP contribution in [0.2, 0.25) is 0 Å². The van der Waals surface area contributed by atoms with Gasteiger partial charge in [0.15, 0.2) is 0 Å². The summed E-state index contributed by atoms with van der Waals surface area (Å²) in [6, 6.07) is 1.56. The van der Waals surface area contributed by atoms with Crippen molar-refractivity contribution in [2.75, 3.05) is 13.8 Å². The lowest BCUT2D eigenvalue weighted by molar-refractivity contribution is -0.115. The molecule has 0 saturated carbocycles. The summed E-state index contributed by atoms with van der Waals surface area (Å²) in [7, 11) is -2.24. The summed E-state index contributed by atoms with van der Waals surface area (Å²) in [5, 5.41) is 8.18. The number of nitriles is 1. The molecule has 0 aromatic rings. The Bertz CT molecular complexity index is 351. The SMILES string of the molecule is COP(C)(=O)C(=[N+]=[N-])C(=O)CC#N. The zero-order chi connectivity index (χ0) is 10.5. The second-order valence-corrected chi connectivity index (χ2v) is 4.69. The van der Waals surface area contributed by atoms with E-state index in [2.05, 4.69) is 9.31 Å².